The average molecular weight is 442 g/mol. The molecule has 4 aromatic rings. The minimum atomic E-state index is 0.117. The van der Waals surface area contributed by atoms with Crippen LogP contribution in [-0.2, 0) is 0 Å². The lowest BCUT2D eigenvalue weighted by Crippen LogP contribution is -1.97. The SMILES string of the molecule is Clc1ccc(Oc2ccc(Cl)cc2Oc2ccc3nnc(Cl)n3n2)c(Cl)c1. The van der Waals surface area contributed by atoms with E-state index in [0.29, 0.717) is 38.0 Å². The smallest absolute Gasteiger partial charge is 0.246 e. The number of ether oxygens (including phenoxy) is 2. The molecule has 0 saturated heterocycles. The van der Waals surface area contributed by atoms with Gasteiger partial charge in [0.05, 0.1) is 5.02 Å². The standard InChI is InChI=1S/C17H8Cl4N4O2/c18-9-1-3-12(11(20)7-9)26-13-4-2-10(19)8-14(13)27-16-6-5-15-22-23-17(21)25(15)24-16/h1-8H. The van der Waals surface area contributed by atoms with Gasteiger partial charge in [-0.05, 0) is 48.0 Å². The number of hydrogen-bond donors (Lipinski definition) is 0. The van der Waals surface area contributed by atoms with Crippen LogP contribution in [0.25, 0.3) is 5.65 Å². The average Bonchev–Trinajstić information content (AvgIpc) is 3.00. The maximum atomic E-state index is 6.17. The van der Waals surface area contributed by atoms with Crippen LogP contribution in [-0.4, -0.2) is 19.8 Å². The van der Waals surface area contributed by atoms with E-state index in [1.165, 1.54) is 4.52 Å². The Balaban J connectivity index is 1.69. The summed E-state index contributed by atoms with van der Waals surface area (Å²) in [6.45, 7) is 0. The summed E-state index contributed by atoms with van der Waals surface area (Å²) in [4.78, 5) is 0. The Morgan fingerprint density at radius 3 is 2.22 bits per heavy atom. The van der Waals surface area contributed by atoms with Gasteiger partial charge in [0.25, 0.3) is 0 Å². The van der Waals surface area contributed by atoms with Crippen LogP contribution < -0.4 is 9.47 Å². The second kappa shape index (κ2) is 7.40. The third-order valence-corrected chi connectivity index (χ3v) is 4.44. The molecule has 0 spiro atoms. The van der Waals surface area contributed by atoms with Crippen molar-refractivity contribution in [2.24, 2.45) is 0 Å². The maximum absolute atomic E-state index is 6.17. The largest absolute Gasteiger partial charge is 0.452 e. The predicted octanol–water partition coefficient (Wildman–Crippen LogP) is 6.32. The van der Waals surface area contributed by atoms with Crippen molar-refractivity contribution in [1.29, 1.82) is 0 Å². The summed E-state index contributed by atoms with van der Waals surface area (Å²) in [5, 5.41) is 13.3. The lowest BCUT2D eigenvalue weighted by Gasteiger charge is -2.13. The molecule has 0 saturated carbocycles. The van der Waals surface area contributed by atoms with Crippen LogP contribution in [0.3, 0.4) is 0 Å². The first-order valence-corrected chi connectivity index (χ1v) is 8.99. The summed E-state index contributed by atoms with van der Waals surface area (Å²) >= 11 is 24.1. The van der Waals surface area contributed by atoms with Gasteiger partial charge in [-0.25, -0.2) is 0 Å². The van der Waals surface area contributed by atoms with Crippen molar-refractivity contribution in [1.82, 2.24) is 19.8 Å². The van der Waals surface area contributed by atoms with Crippen LogP contribution in [0.15, 0.2) is 48.5 Å². The fraction of sp³-hybridized carbons (Fsp3) is 0. The van der Waals surface area contributed by atoms with E-state index in [9.17, 15) is 0 Å². The molecule has 10 heteroatoms. The Bertz CT molecular complexity index is 1150. The molecular formula is C17H8Cl4N4O2. The highest BCUT2D eigenvalue weighted by Crippen LogP contribution is 2.39. The molecule has 2 aromatic carbocycles. The number of fused-ring (bicyclic) bond motifs is 1. The van der Waals surface area contributed by atoms with Crippen molar-refractivity contribution in [2.45, 2.75) is 0 Å². The van der Waals surface area contributed by atoms with Crippen molar-refractivity contribution in [2.75, 3.05) is 0 Å². The van der Waals surface area contributed by atoms with E-state index >= 15 is 0 Å². The quantitative estimate of drug-likeness (QED) is 0.370. The number of hydrogen-bond acceptors (Lipinski definition) is 5. The van der Waals surface area contributed by atoms with Gasteiger partial charge in [0.1, 0.15) is 5.75 Å². The highest BCUT2D eigenvalue weighted by Gasteiger charge is 2.13. The minimum absolute atomic E-state index is 0.117. The zero-order valence-corrected chi connectivity index (χ0v) is 16.3. The summed E-state index contributed by atoms with van der Waals surface area (Å²) < 4.78 is 13.0. The van der Waals surface area contributed by atoms with E-state index < -0.39 is 0 Å². The topological polar surface area (TPSA) is 61.5 Å². The summed E-state index contributed by atoms with van der Waals surface area (Å²) in [5.74, 6) is 1.39. The van der Waals surface area contributed by atoms with Crippen molar-refractivity contribution in [3.63, 3.8) is 0 Å². The van der Waals surface area contributed by atoms with Crippen molar-refractivity contribution >= 4 is 52.1 Å². The molecule has 0 radical (unpaired) electrons. The van der Waals surface area contributed by atoms with Gasteiger partial charge in [0.15, 0.2) is 17.1 Å². The number of benzene rings is 2. The van der Waals surface area contributed by atoms with Gasteiger partial charge >= 0.3 is 0 Å². The second-order valence-electron chi connectivity index (χ2n) is 5.28. The van der Waals surface area contributed by atoms with Gasteiger partial charge in [-0.3, -0.25) is 0 Å². The lowest BCUT2D eigenvalue weighted by molar-refractivity contribution is 0.405. The molecule has 27 heavy (non-hydrogen) atoms. The summed E-state index contributed by atoms with van der Waals surface area (Å²) in [6, 6.07) is 13.1. The molecule has 0 N–H and O–H groups in total. The number of halogens is 4. The fourth-order valence-electron chi connectivity index (χ4n) is 2.24. The molecular weight excluding hydrogens is 434 g/mol. The zero-order valence-electron chi connectivity index (χ0n) is 13.2. The van der Waals surface area contributed by atoms with Crippen molar-refractivity contribution in [3.05, 3.63) is 68.9 Å². The van der Waals surface area contributed by atoms with Crippen LogP contribution in [0.4, 0.5) is 0 Å². The number of nitrogens with zero attached hydrogens (tertiary/aromatic N) is 4. The highest BCUT2D eigenvalue weighted by molar-refractivity contribution is 6.35. The van der Waals surface area contributed by atoms with Crippen LogP contribution in [0.2, 0.25) is 20.4 Å². The highest BCUT2D eigenvalue weighted by atomic mass is 35.5. The van der Waals surface area contributed by atoms with Gasteiger partial charge in [-0.2, -0.15) is 4.52 Å². The van der Waals surface area contributed by atoms with E-state index in [4.69, 9.17) is 55.9 Å². The normalized spacial score (nSPS) is 11.0. The third-order valence-electron chi connectivity index (χ3n) is 3.43. The molecule has 0 unspecified atom stereocenters. The molecule has 0 atom stereocenters. The molecule has 0 aliphatic carbocycles. The van der Waals surface area contributed by atoms with E-state index in [1.54, 1.807) is 48.5 Å². The second-order valence-corrected chi connectivity index (χ2v) is 6.90. The first kappa shape index (κ1) is 18.1. The first-order chi connectivity index (χ1) is 13.0. The molecule has 0 aliphatic rings. The van der Waals surface area contributed by atoms with Crippen molar-refractivity contribution < 1.29 is 9.47 Å². The van der Waals surface area contributed by atoms with Crippen LogP contribution in [0, 0.1) is 0 Å². The Kier molecular flexibility index (Phi) is 4.97. The van der Waals surface area contributed by atoms with E-state index in [1.807, 2.05) is 0 Å². The summed E-state index contributed by atoms with van der Waals surface area (Å²) in [6.07, 6.45) is 0. The van der Waals surface area contributed by atoms with Crippen molar-refractivity contribution in [3.8, 4) is 23.1 Å². The first-order valence-electron chi connectivity index (χ1n) is 7.48. The molecule has 2 heterocycles. The van der Waals surface area contributed by atoms with Gasteiger partial charge in [-0.1, -0.05) is 34.8 Å². The van der Waals surface area contributed by atoms with Gasteiger partial charge < -0.3 is 9.47 Å². The molecule has 6 nitrogen and oxygen atoms in total. The van der Waals surface area contributed by atoms with E-state index in [0.717, 1.165) is 0 Å². The molecule has 0 fully saturated rings. The van der Waals surface area contributed by atoms with Crippen LogP contribution >= 0.6 is 46.4 Å². The van der Waals surface area contributed by atoms with Gasteiger partial charge in [0, 0.05) is 22.2 Å². The summed E-state index contributed by atoms with van der Waals surface area (Å²) in [7, 11) is 0. The molecule has 0 bridgehead atoms. The zero-order chi connectivity index (χ0) is 19.0. The Morgan fingerprint density at radius 2 is 1.44 bits per heavy atom. The van der Waals surface area contributed by atoms with E-state index in [-0.39, 0.29) is 11.2 Å². The molecule has 2 aromatic heterocycles. The maximum Gasteiger partial charge on any atom is 0.246 e. The number of aromatic nitrogens is 4. The van der Waals surface area contributed by atoms with E-state index in [2.05, 4.69) is 15.3 Å². The lowest BCUT2D eigenvalue weighted by atomic mass is 10.3. The van der Waals surface area contributed by atoms with Gasteiger partial charge in [0.2, 0.25) is 11.2 Å². The Labute approximate surface area is 173 Å². The third kappa shape index (κ3) is 3.89. The molecule has 0 aliphatic heterocycles. The number of rotatable bonds is 4. The molecule has 0 amide bonds. The predicted molar refractivity (Wildman–Crippen MR) is 104 cm³/mol. The fourth-order valence-corrected chi connectivity index (χ4v) is 3.01. The molecule has 136 valence electrons. The molecule has 4 rings (SSSR count). The van der Waals surface area contributed by atoms with Crippen LogP contribution in [0.5, 0.6) is 23.1 Å². The monoisotopic (exact) mass is 440 g/mol. The Morgan fingerprint density at radius 1 is 0.704 bits per heavy atom. The summed E-state index contributed by atoms with van der Waals surface area (Å²) in [5.41, 5.74) is 0.489. The van der Waals surface area contributed by atoms with Gasteiger partial charge in [-0.15, -0.1) is 15.3 Å². The Hall–Kier alpha value is -2.25. The van der Waals surface area contributed by atoms with Crippen LogP contribution in [0.1, 0.15) is 0 Å². The minimum Gasteiger partial charge on any atom is -0.452 e.